The zero-order valence-corrected chi connectivity index (χ0v) is 10.3. The van der Waals surface area contributed by atoms with E-state index in [2.05, 4.69) is 14.8 Å². The largest absolute Gasteiger partial charge is 0.495 e. The van der Waals surface area contributed by atoms with Gasteiger partial charge in [-0.15, -0.1) is 0 Å². The smallest absolute Gasteiger partial charge is 0.232 e. The van der Waals surface area contributed by atoms with Gasteiger partial charge in [0.25, 0.3) is 0 Å². The van der Waals surface area contributed by atoms with E-state index in [1.165, 1.54) is 11.5 Å². The number of hydrogen-bond acceptors (Lipinski definition) is 6. The van der Waals surface area contributed by atoms with E-state index < -0.39 is 0 Å². The summed E-state index contributed by atoms with van der Waals surface area (Å²) >= 11 is 7.26. The van der Waals surface area contributed by atoms with Crippen LogP contribution in [0.5, 0.6) is 5.75 Å². The van der Waals surface area contributed by atoms with Gasteiger partial charge in [-0.25, -0.2) is 0 Å². The maximum Gasteiger partial charge on any atom is 0.232 e. The molecule has 0 saturated carbocycles. The number of nitrogens with zero attached hydrogens (tertiary/aromatic N) is 4. The highest BCUT2D eigenvalue weighted by atomic mass is 35.5. The van der Waals surface area contributed by atoms with Crippen LogP contribution in [0.1, 0.15) is 0 Å². The van der Waals surface area contributed by atoms with Gasteiger partial charge < -0.3 is 9.64 Å². The van der Waals surface area contributed by atoms with Gasteiger partial charge in [-0.1, -0.05) is 21.2 Å². The average molecular weight is 257 g/mol. The Hall–Kier alpha value is -1.40. The van der Waals surface area contributed by atoms with Crippen molar-refractivity contribution in [3.63, 3.8) is 0 Å². The van der Waals surface area contributed by atoms with Crippen LogP contribution in [-0.2, 0) is 0 Å². The quantitative estimate of drug-likeness (QED) is 0.844. The minimum Gasteiger partial charge on any atom is -0.495 e. The highest BCUT2D eigenvalue weighted by Gasteiger charge is 2.10. The molecule has 0 aliphatic carbocycles. The number of anilines is 2. The average Bonchev–Trinajstić information content (AvgIpc) is 2.81. The molecular weight excluding hydrogens is 248 g/mol. The molecule has 1 aromatic heterocycles. The first-order chi connectivity index (χ1) is 7.72. The molecule has 0 atom stereocenters. The Morgan fingerprint density at radius 1 is 1.44 bits per heavy atom. The van der Waals surface area contributed by atoms with Crippen molar-refractivity contribution in [3.8, 4) is 5.75 Å². The number of aromatic nitrogens is 3. The van der Waals surface area contributed by atoms with Crippen LogP contribution in [0.25, 0.3) is 0 Å². The van der Waals surface area contributed by atoms with Crippen molar-refractivity contribution in [3.05, 3.63) is 23.2 Å². The summed E-state index contributed by atoms with van der Waals surface area (Å²) in [4.78, 5) is 1.86. The molecule has 7 heteroatoms. The third-order valence-corrected chi connectivity index (χ3v) is 3.07. The first kappa shape index (κ1) is 11.1. The van der Waals surface area contributed by atoms with Crippen LogP contribution < -0.4 is 9.64 Å². The first-order valence-electron chi connectivity index (χ1n) is 4.44. The van der Waals surface area contributed by atoms with Crippen LogP contribution in [0.4, 0.5) is 10.8 Å². The lowest BCUT2D eigenvalue weighted by Crippen LogP contribution is -2.09. The summed E-state index contributed by atoms with van der Waals surface area (Å²) in [5, 5.41) is 8.69. The van der Waals surface area contributed by atoms with Gasteiger partial charge in [0.15, 0.2) is 0 Å². The molecule has 2 aromatic rings. The molecule has 0 amide bonds. The lowest BCUT2D eigenvalue weighted by atomic mass is 10.3. The number of benzene rings is 1. The summed E-state index contributed by atoms with van der Waals surface area (Å²) < 4.78 is 8.79. The molecule has 5 nitrogen and oxygen atoms in total. The lowest BCUT2D eigenvalue weighted by molar-refractivity contribution is 0.415. The fourth-order valence-corrected chi connectivity index (χ4v) is 1.93. The van der Waals surface area contributed by atoms with E-state index in [-0.39, 0.29) is 0 Å². The molecule has 0 bridgehead atoms. The fraction of sp³-hybridized carbons (Fsp3) is 0.222. The normalized spacial score (nSPS) is 10.2. The van der Waals surface area contributed by atoms with Crippen LogP contribution in [0, 0.1) is 0 Å². The van der Waals surface area contributed by atoms with Gasteiger partial charge in [0.1, 0.15) is 5.75 Å². The molecule has 16 heavy (non-hydrogen) atoms. The molecule has 2 rings (SSSR count). The Balaban J connectivity index is 2.31. The highest BCUT2D eigenvalue weighted by molar-refractivity contribution is 7.09. The molecule has 0 N–H and O–H groups in total. The number of halogens is 1. The Morgan fingerprint density at radius 2 is 2.25 bits per heavy atom. The van der Waals surface area contributed by atoms with Crippen molar-refractivity contribution >= 4 is 34.0 Å². The highest BCUT2D eigenvalue weighted by Crippen LogP contribution is 2.31. The molecule has 0 aliphatic rings. The molecule has 1 aromatic carbocycles. The summed E-state index contributed by atoms with van der Waals surface area (Å²) in [7, 11) is 3.46. The summed E-state index contributed by atoms with van der Waals surface area (Å²) in [5.74, 6) is 0.647. The van der Waals surface area contributed by atoms with Gasteiger partial charge in [0.05, 0.1) is 12.1 Å². The van der Waals surface area contributed by atoms with E-state index in [0.29, 0.717) is 15.9 Å². The molecular formula is C9H9ClN4OS. The third-order valence-electron chi connectivity index (χ3n) is 2.10. The minimum atomic E-state index is 0.560. The topological polar surface area (TPSA) is 51.1 Å². The SMILES string of the molecule is COc1ccc(N(C)c2nnns2)cc1Cl. The summed E-state index contributed by atoms with van der Waals surface area (Å²) in [6, 6.07) is 5.51. The van der Waals surface area contributed by atoms with E-state index >= 15 is 0 Å². The van der Waals surface area contributed by atoms with Crippen molar-refractivity contribution < 1.29 is 4.74 Å². The van der Waals surface area contributed by atoms with Crippen molar-refractivity contribution in [2.45, 2.75) is 0 Å². The van der Waals surface area contributed by atoms with Crippen molar-refractivity contribution in [2.75, 3.05) is 19.1 Å². The second-order valence-electron chi connectivity index (χ2n) is 3.02. The Kier molecular flexibility index (Phi) is 3.21. The second kappa shape index (κ2) is 4.63. The number of rotatable bonds is 3. The van der Waals surface area contributed by atoms with E-state index in [0.717, 1.165) is 5.69 Å². The van der Waals surface area contributed by atoms with Crippen LogP contribution in [-0.4, -0.2) is 29.0 Å². The van der Waals surface area contributed by atoms with E-state index in [1.807, 2.05) is 30.1 Å². The van der Waals surface area contributed by atoms with Crippen molar-refractivity contribution in [1.82, 2.24) is 14.8 Å². The van der Waals surface area contributed by atoms with Gasteiger partial charge in [0, 0.05) is 24.3 Å². The molecule has 0 fully saturated rings. The Morgan fingerprint density at radius 3 is 2.81 bits per heavy atom. The van der Waals surface area contributed by atoms with Gasteiger partial charge in [0.2, 0.25) is 5.13 Å². The van der Waals surface area contributed by atoms with Crippen LogP contribution >= 0.6 is 23.1 Å². The number of hydrogen-bond donors (Lipinski definition) is 0. The third kappa shape index (κ3) is 2.07. The predicted molar refractivity (Wildman–Crippen MR) is 63.8 cm³/mol. The zero-order valence-electron chi connectivity index (χ0n) is 8.72. The van der Waals surface area contributed by atoms with Crippen molar-refractivity contribution in [1.29, 1.82) is 0 Å². The van der Waals surface area contributed by atoms with Crippen molar-refractivity contribution in [2.24, 2.45) is 0 Å². The molecule has 1 heterocycles. The second-order valence-corrected chi connectivity index (χ2v) is 4.14. The maximum atomic E-state index is 6.04. The predicted octanol–water partition coefficient (Wildman–Crippen LogP) is 2.36. The lowest BCUT2D eigenvalue weighted by Gasteiger charge is -2.15. The molecule has 0 radical (unpaired) electrons. The van der Waals surface area contributed by atoms with Gasteiger partial charge in [-0.05, 0) is 23.4 Å². The molecule has 0 unspecified atom stereocenters. The summed E-state index contributed by atoms with van der Waals surface area (Å²) in [6.07, 6.45) is 0. The molecule has 84 valence electrons. The van der Waals surface area contributed by atoms with Gasteiger partial charge >= 0.3 is 0 Å². The van der Waals surface area contributed by atoms with E-state index in [1.54, 1.807) is 7.11 Å². The number of ether oxygens (including phenoxy) is 1. The van der Waals surface area contributed by atoms with Crippen LogP contribution in [0.2, 0.25) is 5.02 Å². The minimum absolute atomic E-state index is 0.560. The van der Waals surface area contributed by atoms with Crippen LogP contribution in [0.15, 0.2) is 18.2 Å². The monoisotopic (exact) mass is 256 g/mol. The van der Waals surface area contributed by atoms with Gasteiger partial charge in [-0.2, -0.15) is 0 Å². The summed E-state index contributed by atoms with van der Waals surface area (Å²) in [5.41, 5.74) is 0.907. The van der Waals surface area contributed by atoms with Gasteiger partial charge in [-0.3, -0.25) is 0 Å². The molecule has 0 saturated heterocycles. The standard InChI is InChI=1S/C9H9ClN4OS/c1-14(9-11-12-13-16-9)6-3-4-8(15-2)7(10)5-6/h3-5H,1-2H3. The Labute approximate surface area is 102 Å². The molecule has 0 spiro atoms. The molecule has 0 aliphatic heterocycles. The first-order valence-corrected chi connectivity index (χ1v) is 5.60. The van der Waals surface area contributed by atoms with Crippen LogP contribution in [0.3, 0.4) is 0 Å². The maximum absolute atomic E-state index is 6.04. The van der Waals surface area contributed by atoms with E-state index in [9.17, 15) is 0 Å². The Bertz CT molecular complexity index is 476. The summed E-state index contributed by atoms with van der Waals surface area (Å²) in [6.45, 7) is 0. The fourth-order valence-electron chi connectivity index (χ4n) is 1.23. The van der Waals surface area contributed by atoms with E-state index in [4.69, 9.17) is 16.3 Å². The number of methoxy groups -OCH3 is 1. The zero-order chi connectivity index (χ0) is 11.5.